The molecule has 1 aliphatic heterocycles. The fourth-order valence-corrected chi connectivity index (χ4v) is 5.10. The van der Waals surface area contributed by atoms with Crippen molar-refractivity contribution in [2.75, 3.05) is 27.8 Å². The Kier molecular flexibility index (Phi) is 9.74. The summed E-state index contributed by atoms with van der Waals surface area (Å²) in [4.78, 5) is 22.9. The minimum absolute atomic E-state index is 0.0384. The molecule has 9 heteroatoms. The van der Waals surface area contributed by atoms with Crippen LogP contribution in [0, 0.1) is 5.92 Å². The molecule has 0 saturated carbocycles. The largest absolute Gasteiger partial charge is 0.324 e. The molecule has 0 radical (unpaired) electrons. The molecule has 1 atom stereocenters. The zero-order chi connectivity index (χ0) is 24.5. The predicted octanol–water partition coefficient (Wildman–Crippen LogP) is 5.25. The number of carbonyl (C=O) groups excluding carboxylic acids is 1. The second kappa shape index (κ2) is 12.7. The van der Waals surface area contributed by atoms with E-state index in [0.717, 1.165) is 50.0 Å². The van der Waals surface area contributed by atoms with Gasteiger partial charge in [0.1, 0.15) is 5.82 Å². The summed E-state index contributed by atoms with van der Waals surface area (Å²) in [6.45, 7) is 10.2. The molecule has 0 bridgehead atoms. The van der Waals surface area contributed by atoms with Crippen molar-refractivity contribution >= 4 is 47.6 Å². The van der Waals surface area contributed by atoms with Gasteiger partial charge in [-0.2, -0.15) is 9.45 Å². The van der Waals surface area contributed by atoms with Gasteiger partial charge in [0.2, 0.25) is 12.4 Å². The molecule has 2 heterocycles. The third kappa shape index (κ3) is 6.71. The number of hydrogen-bond acceptors (Lipinski definition) is 8. The molecule has 8 nitrogen and oxygen atoms in total. The van der Waals surface area contributed by atoms with Crippen molar-refractivity contribution in [3.63, 3.8) is 0 Å². The predicted molar refractivity (Wildman–Crippen MR) is 142 cm³/mol. The highest BCUT2D eigenvalue weighted by atomic mass is 32.2. The summed E-state index contributed by atoms with van der Waals surface area (Å²) >= 11 is 1.46. The maximum Gasteiger partial charge on any atom is 0.229 e. The van der Waals surface area contributed by atoms with E-state index >= 15 is 0 Å². The summed E-state index contributed by atoms with van der Waals surface area (Å²) in [6.07, 6.45) is 9.32. The zero-order valence-corrected chi connectivity index (χ0v) is 21.3. The third-order valence-electron chi connectivity index (χ3n) is 5.92. The Balaban J connectivity index is 1.77. The topological polar surface area (TPSA) is 93.6 Å². The molecule has 0 unspecified atom stereocenters. The SMILES string of the molecule is C/C=C\c1cnc(Nc2ccc(N(O)SC3CCNCC3)cc2)nc1N(C=O)[C@H](CC)C(C)C. The van der Waals surface area contributed by atoms with Crippen molar-refractivity contribution in [3.05, 3.63) is 42.1 Å². The van der Waals surface area contributed by atoms with E-state index in [1.54, 1.807) is 11.1 Å². The van der Waals surface area contributed by atoms with E-state index in [1.165, 1.54) is 16.4 Å². The van der Waals surface area contributed by atoms with Gasteiger partial charge in [-0.1, -0.05) is 32.9 Å². The molecular formula is C25H36N6O2S. The number of hydrogen-bond donors (Lipinski definition) is 3. The molecule has 1 aromatic heterocycles. The monoisotopic (exact) mass is 484 g/mol. The summed E-state index contributed by atoms with van der Waals surface area (Å²) in [5.74, 6) is 1.28. The minimum Gasteiger partial charge on any atom is -0.324 e. The van der Waals surface area contributed by atoms with Gasteiger partial charge >= 0.3 is 0 Å². The molecule has 2 aromatic rings. The third-order valence-corrected chi connectivity index (χ3v) is 7.10. The summed E-state index contributed by atoms with van der Waals surface area (Å²) in [5.41, 5.74) is 2.30. The Morgan fingerprint density at radius 2 is 1.97 bits per heavy atom. The van der Waals surface area contributed by atoms with Gasteiger partial charge in [-0.05, 0) is 81.4 Å². The highest BCUT2D eigenvalue weighted by molar-refractivity contribution is 8.01. The maximum absolute atomic E-state index is 12.1. The molecule has 1 fully saturated rings. The number of benzene rings is 1. The number of nitrogens with one attached hydrogen (secondary N) is 2. The van der Waals surface area contributed by atoms with Crippen molar-refractivity contribution in [2.45, 2.75) is 58.2 Å². The van der Waals surface area contributed by atoms with Crippen LogP contribution in [0.3, 0.4) is 0 Å². The van der Waals surface area contributed by atoms with Gasteiger partial charge in [-0.15, -0.1) is 0 Å². The van der Waals surface area contributed by atoms with Gasteiger partial charge in [-0.25, -0.2) is 4.98 Å². The quantitative estimate of drug-likeness (QED) is 0.226. The molecule has 3 rings (SSSR count). The lowest BCUT2D eigenvalue weighted by molar-refractivity contribution is -0.108. The van der Waals surface area contributed by atoms with Crippen LogP contribution >= 0.6 is 11.9 Å². The van der Waals surface area contributed by atoms with Crippen molar-refractivity contribution in [1.29, 1.82) is 0 Å². The van der Waals surface area contributed by atoms with Gasteiger partial charge in [0.05, 0.1) is 5.69 Å². The van der Waals surface area contributed by atoms with Crippen molar-refractivity contribution in [1.82, 2.24) is 15.3 Å². The molecular weight excluding hydrogens is 448 g/mol. The first-order chi connectivity index (χ1) is 16.5. The van der Waals surface area contributed by atoms with Crippen LogP contribution in [-0.4, -0.2) is 46.0 Å². The van der Waals surface area contributed by atoms with Crippen molar-refractivity contribution in [3.8, 4) is 0 Å². The highest BCUT2D eigenvalue weighted by Gasteiger charge is 2.24. The zero-order valence-electron chi connectivity index (χ0n) is 20.4. The van der Waals surface area contributed by atoms with Gasteiger partial charge in [0.15, 0.2) is 0 Å². The highest BCUT2D eigenvalue weighted by Crippen LogP contribution is 2.30. The summed E-state index contributed by atoms with van der Waals surface area (Å²) in [6, 6.07) is 7.51. The number of aromatic nitrogens is 2. The van der Waals surface area contributed by atoms with Crippen LogP contribution in [0.4, 0.5) is 23.1 Å². The Hall–Kier alpha value is -2.62. The van der Waals surface area contributed by atoms with E-state index in [4.69, 9.17) is 4.98 Å². The average Bonchev–Trinajstić information content (AvgIpc) is 2.84. The Morgan fingerprint density at radius 1 is 1.26 bits per heavy atom. The fraction of sp³-hybridized carbons (Fsp3) is 0.480. The van der Waals surface area contributed by atoms with E-state index in [1.807, 2.05) is 43.3 Å². The van der Waals surface area contributed by atoms with Crippen molar-refractivity contribution < 1.29 is 10.0 Å². The standard InChI is InChI=1S/C25H36N6O2S/c1-5-7-19-16-27-25(29-24(19)30(17-32)23(6-2)18(3)4)28-20-8-10-21(11-9-20)31(33)34-22-12-14-26-15-13-22/h5,7-11,16-18,22-23,26,33H,6,12-15H2,1-4H3,(H,27,28,29)/b7-5-/t23-/m1/s1. The van der Waals surface area contributed by atoms with Gasteiger partial charge in [0.25, 0.3) is 0 Å². The van der Waals surface area contributed by atoms with Gasteiger partial charge in [0, 0.05) is 28.7 Å². The minimum atomic E-state index is 0.0384. The molecule has 3 N–H and O–H groups in total. The Labute approximate surface area is 206 Å². The Morgan fingerprint density at radius 3 is 2.56 bits per heavy atom. The van der Waals surface area contributed by atoms with Crippen LogP contribution in [0.5, 0.6) is 0 Å². The van der Waals surface area contributed by atoms with Crippen LogP contribution < -0.4 is 20.0 Å². The van der Waals surface area contributed by atoms with E-state index < -0.39 is 0 Å². The number of carbonyl (C=O) groups is 1. The number of allylic oxidation sites excluding steroid dienone is 1. The summed E-state index contributed by atoms with van der Waals surface area (Å²) < 4.78 is 1.25. The molecule has 1 aliphatic rings. The van der Waals surface area contributed by atoms with Crippen LogP contribution in [0.2, 0.25) is 0 Å². The van der Waals surface area contributed by atoms with Crippen LogP contribution in [0.25, 0.3) is 6.08 Å². The molecule has 1 aromatic carbocycles. The van der Waals surface area contributed by atoms with Gasteiger partial charge < -0.3 is 10.6 Å². The summed E-state index contributed by atoms with van der Waals surface area (Å²) in [5, 5.41) is 17.4. The Bertz CT molecular complexity index is 947. The first-order valence-electron chi connectivity index (χ1n) is 11.9. The number of anilines is 4. The van der Waals surface area contributed by atoms with E-state index in [-0.39, 0.29) is 12.0 Å². The lowest BCUT2D eigenvalue weighted by Crippen LogP contribution is -2.38. The second-order valence-electron chi connectivity index (χ2n) is 8.70. The smallest absolute Gasteiger partial charge is 0.229 e. The number of rotatable bonds is 11. The maximum atomic E-state index is 12.1. The number of piperidine rings is 1. The fourth-order valence-electron chi connectivity index (χ4n) is 4.13. The van der Waals surface area contributed by atoms with Crippen LogP contribution in [0.15, 0.2) is 36.5 Å². The lowest BCUT2D eigenvalue weighted by Gasteiger charge is -2.30. The lowest BCUT2D eigenvalue weighted by atomic mass is 10.00. The molecule has 0 spiro atoms. The molecule has 1 amide bonds. The van der Waals surface area contributed by atoms with Gasteiger partial charge in [-0.3, -0.25) is 14.9 Å². The first-order valence-corrected chi connectivity index (χ1v) is 12.8. The number of nitrogens with zero attached hydrogens (tertiary/aromatic N) is 4. The number of amides is 1. The second-order valence-corrected chi connectivity index (χ2v) is 9.93. The van der Waals surface area contributed by atoms with Crippen LogP contribution in [-0.2, 0) is 4.79 Å². The average molecular weight is 485 g/mol. The molecule has 1 saturated heterocycles. The van der Waals surface area contributed by atoms with Crippen LogP contribution in [0.1, 0.15) is 52.5 Å². The molecule has 34 heavy (non-hydrogen) atoms. The first kappa shape index (κ1) is 26.0. The summed E-state index contributed by atoms with van der Waals surface area (Å²) in [7, 11) is 0. The van der Waals surface area contributed by atoms with E-state index in [0.29, 0.717) is 22.7 Å². The normalized spacial score (nSPS) is 15.5. The van der Waals surface area contributed by atoms with E-state index in [9.17, 15) is 10.0 Å². The molecule has 184 valence electrons. The van der Waals surface area contributed by atoms with Crippen molar-refractivity contribution in [2.24, 2.45) is 5.92 Å². The van der Waals surface area contributed by atoms with E-state index in [2.05, 4.69) is 36.4 Å². The molecule has 0 aliphatic carbocycles.